The highest BCUT2D eigenvalue weighted by molar-refractivity contribution is 5.80. The van der Waals surface area contributed by atoms with Crippen LogP contribution in [0.2, 0.25) is 0 Å². The molecule has 29 heavy (non-hydrogen) atoms. The molecule has 158 valence electrons. The molecule has 0 bridgehead atoms. The Morgan fingerprint density at radius 1 is 1.17 bits per heavy atom. The summed E-state index contributed by atoms with van der Waals surface area (Å²) in [6.45, 7) is 5.46. The molecule has 2 atom stereocenters. The van der Waals surface area contributed by atoms with Crippen LogP contribution in [0.25, 0.3) is 0 Å². The average molecular weight is 401 g/mol. The summed E-state index contributed by atoms with van der Waals surface area (Å²) in [5, 5.41) is 3.50. The van der Waals surface area contributed by atoms with Gasteiger partial charge in [-0.05, 0) is 30.4 Å². The zero-order valence-corrected chi connectivity index (χ0v) is 17.3. The number of aliphatic imine (C=N–C) groups is 1. The normalized spacial score (nSPS) is 25.7. The number of carbonyl (C=O) groups is 1. The van der Waals surface area contributed by atoms with Gasteiger partial charge in [0.05, 0.1) is 12.7 Å². The maximum atomic E-state index is 11.9. The fourth-order valence-corrected chi connectivity index (χ4v) is 4.43. The molecular formula is C22H32N4O3. The Morgan fingerprint density at radius 3 is 2.79 bits per heavy atom. The largest absolute Gasteiger partial charge is 0.375 e. The van der Waals surface area contributed by atoms with Crippen LogP contribution < -0.4 is 5.32 Å². The zero-order valence-electron chi connectivity index (χ0n) is 17.3. The van der Waals surface area contributed by atoms with Crippen molar-refractivity contribution < 1.29 is 14.3 Å². The van der Waals surface area contributed by atoms with Gasteiger partial charge in [0, 0.05) is 52.8 Å². The molecule has 0 aliphatic carbocycles. The number of nitrogens with one attached hydrogen (secondary N) is 1. The van der Waals surface area contributed by atoms with Crippen molar-refractivity contribution in [1.82, 2.24) is 15.1 Å². The Morgan fingerprint density at radius 2 is 2.03 bits per heavy atom. The molecule has 1 aromatic rings. The maximum Gasteiger partial charge on any atom is 0.222 e. The number of rotatable bonds is 5. The molecule has 3 saturated heterocycles. The van der Waals surface area contributed by atoms with Gasteiger partial charge in [-0.1, -0.05) is 24.3 Å². The van der Waals surface area contributed by atoms with E-state index in [1.807, 2.05) is 11.9 Å². The monoisotopic (exact) mass is 400 g/mol. The smallest absolute Gasteiger partial charge is 0.222 e. The molecule has 3 heterocycles. The van der Waals surface area contributed by atoms with E-state index in [-0.39, 0.29) is 18.1 Å². The molecule has 7 nitrogen and oxygen atoms in total. The second-order valence-electron chi connectivity index (χ2n) is 8.05. The fourth-order valence-electron chi connectivity index (χ4n) is 4.43. The number of hydrogen-bond acceptors (Lipinski definition) is 4. The van der Waals surface area contributed by atoms with E-state index in [2.05, 4.69) is 39.5 Å². The summed E-state index contributed by atoms with van der Waals surface area (Å²) in [5.41, 5.74) is 2.37. The molecule has 0 saturated carbocycles. The lowest BCUT2D eigenvalue weighted by atomic mass is 10.1. The minimum Gasteiger partial charge on any atom is -0.375 e. The molecule has 3 fully saturated rings. The third-order valence-corrected chi connectivity index (χ3v) is 5.97. The van der Waals surface area contributed by atoms with Crippen molar-refractivity contribution in [3.63, 3.8) is 0 Å². The van der Waals surface area contributed by atoms with Crippen molar-refractivity contribution in [2.24, 2.45) is 4.99 Å². The number of likely N-dealkylation sites (tertiary alicyclic amines) is 1. The van der Waals surface area contributed by atoms with E-state index in [1.54, 1.807) is 0 Å². The van der Waals surface area contributed by atoms with Gasteiger partial charge in [-0.15, -0.1) is 0 Å². The lowest BCUT2D eigenvalue weighted by molar-refractivity contribution is -0.128. The Bertz CT molecular complexity index is 733. The maximum absolute atomic E-state index is 11.9. The van der Waals surface area contributed by atoms with Crippen LogP contribution in [0.15, 0.2) is 29.3 Å². The first kappa shape index (κ1) is 20.2. The van der Waals surface area contributed by atoms with E-state index >= 15 is 0 Å². The van der Waals surface area contributed by atoms with Gasteiger partial charge in [-0.3, -0.25) is 9.79 Å². The first-order chi connectivity index (χ1) is 14.2. The molecule has 4 rings (SSSR count). The van der Waals surface area contributed by atoms with Crippen LogP contribution in [-0.4, -0.2) is 73.8 Å². The van der Waals surface area contributed by atoms with E-state index in [4.69, 9.17) is 9.47 Å². The van der Waals surface area contributed by atoms with Gasteiger partial charge < -0.3 is 24.6 Å². The highest BCUT2D eigenvalue weighted by Crippen LogP contribution is 2.21. The number of morpholine rings is 1. The first-order valence-electron chi connectivity index (χ1n) is 10.8. The number of benzene rings is 1. The number of ether oxygens (including phenoxy) is 2. The summed E-state index contributed by atoms with van der Waals surface area (Å²) in [6.07, 6.45) is 4.19. The summed E-state index contributed by atoms with van der Waals surface area (Å²) in [4.78, 5) is 20.6. The van der Waals surface area contributed by atoms with Crippen LogP contribution in [-0.2, 0) is 27.4 Å². The quantitative estimate of drug-likeness (QED) is 0.603. The first-order valence-corrected chi connectivity index (χ1v) is 10.8. The van der Waals surface area contributed by atoms with Crippen LogP contribution in [0.3, 0.4) is 0 Å². The number of amides is 1. The third kappa shape index (κ3) is 5.08. The van der Waals surface area contributed by atoms with Crippen LogP contribution in [0, 0.1) is 0 Å². The van der Waals surface area contributed by atoms with Gasteiger partial charge >= 0.3 is 0 Å². The minimum absolute atomic E-state index is 0.117. The van der Waals surface area contributed by atoms with Crippen molar-refractivity contribution >= 4 is 11.9 Å². The zero-order chi connectivity index (χ0) is 20.1. The second-order valence-corrected chi connectivity index (χ2v) is 8.05. The van der Waals surface area contributed by atoms with E-state index in [0.717, 1.165) is 51.5 Å². The lowest BCUT2D eigenvalue weighted by Crippen LogP contribution is -2.53. The molecule has 0 spiro atoms. The number of nitrogens with zero attached hydrogens (tertiary/aromatic N) is 3. The predicted molar refractivity (Wildman–Crippen MR) is 112 cm³/mol. The summed E-state index contributed by atoms with van der Waals surface area (Å²) in [5.74, 6) is 1.17. The summed E-state index contributed by atoms with van der Waals surface area (Å²) < 4.78 is 11.8. The van der Waals surface area contributed by atoms with Gasteiger partial charge in [0.25, 0.3) is 0 Å². The summed E-state index contributed by atoms with van der Waals surface area (Å²) in [6, 6.07) is 8.46. The van der Waals surface area contributed by atoms with Gasteiger partial charge in [0.15, 0.2) is 5.96 Å². The molecule has 0 radical (unpaired) electrons. The highest BCUT2D eigenvalue weighted by atomic mass is 16.5. The van der Waals surface area contributed by atoms with Crippen LogP contribution in [0.5, 0.6) is 0 Å². The molecule has 1 N–H and O–H groups in total. The van der Waals surface area contributed by atoms with Gasteiger partial charge in [-0.2, -0.15) is 0 Å². The van der Waals surface area contributed by atoms with E-state index < -0.39 is 0 Å². The third-order valence-electron chi connectivity index (χ3n) is 5.97. The summed E-state index contributed by atoms with van der Waals surface area (Å²) >= 11 is 0. The van der Waals surface area contributed by atoms with Gasteiger partial charge in [0.2, 0.25) is 5.91 Å². The SMILES string of the molecule is CN=C(NCc1cccc(CN2CCCC2=O)c1)N1CCOC(C2CCCO2)C1. The standard InChI is InChI=1S/C22H32N4O3/c1-23-22(26-10-12-29-20(16-26)19-7-4-11-28-19)24-14-17-5-2-6-18(13-17)15-25-9-3-8-21(25)27/h2,5-6,13,19-20H,3-4,7-12,14-16H2,1H3,(H,23,24). The Hall–Kier alpha value is -2.12. The van der Waals surface area contributed by atoms with Crippen LogP contribution in [0.1, 0.15) is 36.8 Å². The van der Waals surface area contributed by atoms with Crippen molar-refractivity contribution in [2.45, 2.75) is 51.0 Å². The molecule has 3 aliphatic rings. The molecule has 2 unspecified atom stereocenters. The minimum atomic E-state index is 0.117. The van der Waals surface area contributed by atoms with Crippen molar-refractivity contribution in [3.8, 4) is 0 Å². The van der Waals surface area contributed by atoms with Crippen molar-refractivity contribution in [3.05, 3.63) is 35.4 Å². The van der Waals surface area contributed by atoms with Crippen LogP contribution in [0.4, 0.5) is 0 Å². The topological polar surface area (TPSA) is 66.4 Å². The molecule has 0 aromatic heterocycles. The fraction of sp³-hybridized carbons (Fsp3) is 0.636. The molecule has 1 aromatic carbocycles. The van der Waals surface area contributed by atoms with Crippen molar-refractivity contribution in [1.29, 1.82) is 0 Å². The van der Waals surface area contributed by atoms with E-state index in [1.165, 1.54) is 11.1 Å². The molecule has 1 amide bonds. The van der Waals surface area contributed by atoms with Gasteiger partial charge in [-0.25, -0.2) is 0 Å². The van der Waals surface area contributed by atoms with E-state index in [9.17, 15) is 4.79 Å². The number of hydrogen-bond donors (Lipinski definition) is 1. The number of guanidine groups is 1. The lowest BCUT2D eigenvalue weighted by Gasteiger charge is -2.37. The Labute approximate surface area is 173 Å². The molecule has 3 aliphatic heterocycles. The van der Waals surface area contributed by atoms with Gasteiger partial charge in [0.1, 0.15) is 6.10 Å². The Kier molecular flexibility index (Phi) is 6.67. The second kappa shape index (κ2) is 9.59. The molecule has 7 heteroatoms. The van der Waals surface area contributed by atoms with Crippen molar-refractivity contribution in [2.75, 3.05) is 39.9 Å². The number of carbonyl (C=O) groups excluding carboxylic acids is 1. The van der Waals surface area contributed by atoms with Crippen LogP contribution >= 0.6 is 0 Å². The predicted octanol–water partition coefficient (Wildman–Crippen LogP) is 1.76. The highest BCUT2D eigenvalue weighted by Gasteiger charge is 2.32. The molecular weight excluding hydrogens is 368 g/mol. The average Bonchev–Trinajstić information content (AvgIpc) is 3.42. The Balaban J connectivity index is 1.32. The summed E-state index contributed by atoms with van der Waals surface area (Å²) in [7, 11) is 1.83. The van der Waals surface area contributed by atoms with E-state index in [0.29, 0.717) is 26.1 Å².